The Morgan fingerprint density at radius 3 is 2.50 bits per heavy atom. The van der Waals surface area contributed by atoms with Gasteiger partial charge in [-0.3, -0.25) is 14.5 Å². The van der Waals surface area contributed by atoms with Crippen molar-refractivity contribution < 1.29 is 22.8 Å². The molecule has 1 aliphatic heterocycles. The Labute approximate surface area is 113 Å². The summed E-state index contributed by atoms with van der Waals surface area (Å²) < 4.78 is 39.9. The summed E-state index contributed by atoms with van der Waals surface area (Å²) in [5, 5.41) is 2.52. The van der Waals surface area contributed by atoms with Crippen LogP contribution >= 0.6 is 0 Å². The summed E-state index contributed by atoms with van der Waals surface area (Å²) in [4.78, 5) is 24.8. The monoisotopic (exact) mass is 286 g/mol. The maximum atomic E-state index is 13.8. The van der Waals surface area contributed by atoms with Gasteiger partial charge in [-0.05, 0) is 25.5 Å². The number of hydrogen-bond acceptors (Lipinski definition) is 2. The highest BCUT2D eigenvalue weighted by molar-refractivity contribution is 6.08. The van der Waals surface area contributed by atoms with Gasteiger partial charge in [-0.25, -0.2) is 13.2 Å². The van der Waals surface area contributed by atoms with Crippen LogP contribution in [0.3, 0.4) is 0 Å². The number of nitrogens with zero attached hydrogens (tertiary/aromatic N) is 1. The lowest BCUT2D eigenvalue weighted by Crippen LogP contribution is -2.65. The van der Waals surface area contributed by atoms with Crippen molar-refractivity contribution in [2.75, 3.05) is 11.4 Å². The second-order valence-corrected chi connectivity index (χ2v) is 4.82. The molecule has 1 N–H and O–H groups in total. The fourth-order valence-corrected chi connectivity index (χ4v) is 2.07. The van der Waals surface area contributed by atoms with E-state index in [1.54, 1.807) is 6.92 Å². The molecule has 108 valence electrons. The van der Waals surface area contributed by atoms with E-state index < -0.39 is 47.0 Å². The minimum atomic E-state index is -1.67. The van der Waals surface area contributed by atoms with Crippen molar-refractivity contribution in [3.8, 4) is 0 Å². The van der Waals surface area contributed by atoms with E-state index in [4.69, 9.17) is 0 Å². The summed E-state index contributed by atoms with van der Waals surface area (Å²) >= 11 is 0. The van der Waals surface area contributed by atoms with Crippen molar-refractivity contribution in [3.05, 3.63) is 29.6 Å². The molecule has 4 nitrogen and oxygen atoms in total. The van der Waals surface area contributed by atoms with Gasteiger partial charge < -0.3 is 5.32 Å². The van der Waals surface area contributed by atoms with E-state index in [0.717, 1.165) is 17.0 Å². The van der Waals surface area contributed by atoms with E-state index in [1.165, 1.54) is 6.92 Å². The van der Waals surface area contributed by atoms with E-state index in [1.807, 2.05) is 0 Å². The molecule has 1 saturated heterocycles. The third-order valence-corrected chi connectivity index (χ3v) is 3.45. The highest BCUT2D eigenvalue weighted by atomic mass is 19.2. The number of amides is 2. The first-order valence-corrected chi connectivity index (χ1v) is 6.06. The highest BCUT2D eigenvalue weighted by Gasteiger charge is 2.43. The lowest BCUT2D eigenvalue weighted by molar-refractivity contribution is -0.135. The Morgan fingerprint density at radius 1 is 1.25 bits per heavy atom. The predicted molar refractivity (Wildman–Crippen MR) is 65.5 cm³/mol. The van der Waals surface area contributed by atoms with E-state index in [2.05, 4.69) is 5.32 Å². The number of rotatable bonds is 2. The van der Waals surface area contributed by atoms with Gasteiger partial charge in [0.2, 0.25) is 5.91 Å². The van der Waals surface area contributed by atoms with Gasteiger partial charge in [0.1, 0.15) is 12.1 Å². The molecule has 7 heteroatoms. The molecular weight excluding hydrogens is 273 g/mol. The topological polar surface area (TPSA) is 49.4 Å². The second kappa shape index (κ2) is 4.81. The summed E-state index contributed by atoms with van der Waals surface area (Å²) in [6, 6.07) is 1.66. The highest BCUT2D eigenvalue weighted by Crippen LogP contribution is 2.28. The minimum absolute atomic E-state index is 0.291. The Morgan fingerprint density at radius 2 is 1.90 bits per heavy atom. The van der Waals surface area contributed by atoms with Gasteiger partial charge in [-0.2, -0.15) is 0 Å². The van der Waals surface area contributed by atoms with Crippen molar-refractivity contribution in [3.63, 3.8) is 0 Å². The summed E-state index contributed by atoms with van der Waals surface area (Å²) in [6.07, 6.45) is 0.291. The molecular formula is C13H13F3N2O2. The van der Waals surface area contributed by atoms with Gasteiger partial charge >= 0.3 is 0 Å². The average Bonchev–Trinajstić information content (AvgIpc) is 2.41. The van der Waals surface area contributed by atoms with Crippen LogP contribution in [0.5, 0.6) is 0 Å². The molecule has 1 aromatic carbocycles. The summed E-state index contributed by atoms with van der Waals surface area (Å²) in [6.45, 7) is 2.75. The zero-order valence-electron chi connectivity index (χ0n) is 11.0. The Kier molecular flexibility index (Phi) is 3.45. The van der Waals surface area contributed by atoms with E-state index in [0.29, 0.717) is 6.42 Å². The summed E-state index contributed by atoms with van der Waals surface area (Å²) in [7, 11) is 0. The first-order chi connectivity index (χ1) is 9.30. The van der Waals surface area contributed by atoms with Crippen LogP contribution in [-0.2, 0) is 9.59 Å². The van der Waals surface area contributed by atoms with Crippen LogP contribution in [-0.4, -0.2) is 23.9 Å². The molecule has 0 bridgehead atoms. The second-order valence-electron chi connectivity index (χ2n) is 4.82. The number of anilines is 1. The molecule has 1 atom stereocenters. The van der Waals surface area contributed by atoms with Crippen LogP contribution in [0.15, 0.2) is 12.1 Å². The van der Waals surface area contributed by atoms with Crippen LogP contribution in [0.2, 0.25) is 0 Å². The maximum Gasteiger partial charge on any atom is 0.253 e. The number of hydrogen-bond donors (Lipinski definition) is 1. The molecule has 1 fully saturated rings. The maximum absolute atomic E-state index is 13.8. The zero-order valence-corrected chi connectivity index (χ0v) is 11.0. The fourth-order valence-electron chi connectivity index (χ4n) is 2.07. The molecule has 0 spiro atoms. The first kappa shape index (κ1) is 14.4. The molecule has 0 aromatic heterocycles. The van der Waals surface area contributed by atoms with Gasteiger partial charge in [0.15, 0.2) is 17.5 Å². The van der Waals surface area contributed by atoms with E-state index >= 15 is 0 Å². The lowest BCUT2D eigenvalue weighted by atomic mass is 9.94. The molecule has 0 saturated carbocycles. The molecule has 1 heterocycles. The van der Waals surface area contributed by atoms with Gasteiger partial charge in [-0.15, -0.1) is 0 Å². The number of carbonyl (C=O) groups excluding carboxylic acids is 2. The van der Waals surface area contributed by atoms with Crippen LogP contribution in [0.25, 0.3) is 0 Å². The Bertz CT molecular complexity index is 591. The SMILES string of the molecule is CCC1(C)NC(=O)CN(c2ccc(F)c(F)c2F)C1=O. The van der Waals surface area contributed by atoms with Crippen molar-refractivity contribution in [1.29, 1.82) is 0 Å². The fraction of sp³-hybridized carbons (Fsp3) is 0.385. The molecule has 0 radical (unpaired) electrons. The van der Waals surface area contributed by atoms with Crippen LogP contribution in [0.1, 0.15) is 20.3 Å². The Hall–Kier alpha value is -2.05. The van der Waals surface area contributed by atoms with E-state index in [9.17, 15) is 22.8 Å². The largest absolute Gasteiger partial charge is 0.340 e. The number of benzene rings is 1. The molecule has 1 unspecified atom stereocenters. The predicted octanol–water partition coefficient (Wildman–Crippen LogP) is 1.74. The smallest absolute Gasteiger partial charge is 0.253 e. The third kappa shape index (κ3) is 2.13. The number of piperazine rings is 1. The van der Waals surface area contributed by atoms with Crippen molar-refractivity contribution in [2.24, 2.45) is 0 Å². The van der Waals surface area contributed by atoms with Crippen molar-refractivity contribution in [2.45, 2.75) is 25.8 Å². The lowest BCUT2D eigenvalue weighted by Gasteiger charge is -2.39. The van der Waals surface area contributed by atoms with Gasteiger partial charge in [0.25, 0.3) is 5.91 Å². The number of halogens is 3. The molecule has 2 rings (SSSR count). The van der Waals surface area contributed by atoms with Crippen LogP contribution in [0, 0.1) is 17.5 Å². The van der Waals surface area contributed by atoms with Crippen molar-refractivity contribution >= 4 is 17.5 Å². The van der Waals surface area contributed by atoms with Gasteiger partial charge in [0, 0.05) is 0 Å². The summed E-state index contributed by atoms with van der Waals surface area (Å²) in [5.74, 6) is -5.55. The Balaban J connectivity index is 2.49. The molecule has 0 aliphatic carbocycles. The molecule has 20 heavy (non-hydrogen) atoms. The van der Waals surface area contributed by atoms with E-state index in [-0.39, 0.29) is 0 Å². The minimum Gasteiger partial charge on any atom is -0.340 e. The quantitative estimate of drug-likeness (QED) is 0.842. The van der Waals surface area contributed by atoms with Crippen LogP contribution < -0.4 is 10.2 Å². The standard InChI is InChI=1S/C13H13F3N2O2/c1-3-13(2)12(20)18(6-9(19)17-13)8-5-4-7(14)10(15)11(8)16/h4-5H,3,6H2,1-2H3,(H,17,19). The van der Waals surface area contributed by atoms with Gasteiger partial charge in [-0.1, -0.05) is 6.92 Å². The number of nitrogens with one attached hydrogen (secondary N) is 1. The molecule has 1 aromatic rings. The average molecular weight is 286 g/mol. The third-order valence-electron chi connectivity index (χ3n) is 3.45. The number of carbonyl (C=O) groups is 2. The van der Waals surface area contributed by atoms with Crippen molar-refractivity contribution in [1.82, 2.24) is 5.32 Å². The first-order valence-electron chi connectivity index (χ1n) is 6.06. The molecule has 2 amide bonds. The van der Waals surface area contributed by atoms with Crippen LogP contribution in [0.4, 0.5) is 18.9 Å². The zero-order chi connectivity index (χ0) is 15.1. The molecule has 1 aliphatic rings. The normalized spacial score (nSPS) is 22.9. The summed E-state index contributed by atoms with van der Waals surface area (Å²) in [5.41, 5.74) is -1.63. The van der Waals surface area contributed by atoms with Gasteiger partial charge in [0.05, 0.1) is 5.69 Å².